The molecule has 1 aromatic heterocycles. The van der Waals surface area contributed by atoms with Gasteiger partial charge < -0.3 is 9.66 Å². The summed E-state index contributed by atoms with van der Waals surface area (Å²) in [6, 6.07) is 6.05. The van der Waals surface area contributed by atoms with E-state index in [1.54, 1.807) is 12.1 Å². The maximum Gasteiger partial charge on any atom is 0.354 e. The second kappa shape index (κ2) is 6.08. The first-order valence-electron chi connectivity index (χ1n) is 5.37. The number of carboxylic acids is 1. The summed E-state index contributed by atoms with van der Waals surface area (Å²) in [6.07, 6.45) is 1.15. The minimum absolute atomic E-state index is 0.129. The van der Waals surface area contributed by atoms with E-state index < -0.39 is 17.0 Å². The van der Waals surface area contributed by atoms with Crippen LogP contribution in [0.2, 0.25) is 5.02 Å². The van der Waals surface area contributed by atoms with Crippen LogP contribution in [0.4, 0.5) is 0 Å². The van der Waals surface area contributed by atoms with Crippen molar-refractivity contribution in [2.75, 3.05) is 0 Å². The summed E-state index contributed by atoms with van der Waals surface area (Å²) >= 11 is 3.77. The molecule has 2 rings (SSSR count). The summed E-state index contributed by atoms with van der Waals surface area (Å²) in [5.74, 6) is -1.33. The van der Waals surface area contributed by atoms with E-state index in [-0.39, 0.29) is 16.5 Å². The van der Waals surface area contributed by atoms with E-state index in [0.717, 1.165) is 6.33 Å². The van der Waals surface area contributed by atoms with Crippen molar-refractivity contribution in [3.8, 4) is 11.3 Å². The van der Waals surface area contributed by atoms with Gasteiger partial charge in [-0.3, -0.25) is 4.21 Å². The molecule has 0 aliphatic rings. The number of benzene rings is 1. The maximum atomic E-state index is 10.8. The van der Waals surface area contributed by atoms with E-state index in [0.29, 0.717) is 16.8 Å². The van der Waals surface area contributed by atoms with Gasteiger partial charge in [-0.15, -0.1) is 0 Å². The van der Waals surface area contributed by atoms with Crippen molar-refractivity contribution in [1.82, 2.24) is 9.97 Å². The van der Waals surface area contributed by atoms with E-state index in [2.05, 4.69) is 9.97 Å². The zero-order valence-corrected chi connectivity index (χ0v) is 11.5. The van der Waals surface area contributed by atoms with Crippen LogP contribution >= 0.6 is 11.6 Å². The Morgan fingerprint density at radius 3 is 2.70 bits per heavy atom. The van der Waals surface area contributed by atoms with Crippen molar-refractivity contribution < 1.29 is 18.7 Å². The Morgan fingerprint density at radius 1 is 1.35 bits per heavy atom. The molecular weight excluding hydrogens is 304 g/mol. The summed E-state index contributed by atoms with van der Waals surface area (Å²) in [4.78, 5) is 18.4. The van der Waals surface area contributed by atoms with Crippen LogP contribution in [0.3, 0.4) is 0 Å². The normalized spacial score (nSPS) is 12.1. The molecular formula is C12H8ClN2O4S-. The second-order valence-electron chi connectivity index (χ2n) is 3.85. The molecule has 0 radical (unpaired) electrons. The standard InChI is InChI=1S/C12H9ClN2O4S/c13-9-3-7(1-2-8(9)5-20(18)19)10-4-11(12(16)17)15-6-14-10/h1-4,6H,5H2,(H,16,17)(H,18,19)/p-1. The number of hydrogen-bond acceptors (Lipinski definition) is 5. The lowest BCUT2D eigenvalue weighted by Crippen LogP contribution is -2.01. The number of aromatic carboxylic acids is 1. The zero-order chi connectivity index (χ0) is 14.7. The molecule has 0 saturated heterocycles. The molecule has 0 bridgehead atoms. The van der Waals surface area contributed by atoms with Gasteiger partial charge in [-0.1, -0.05) is 34.8 Å². The van der Waals surface area contributed by atoms with Gasteiger partial charge in [0.2, 0.25) is 0 Å². The fraction of sp³-hybridized carbons (Fsp3) is 0.0833. The summed E-state index contributed by atoms with van der Waals surface area (Å²) in [5.41, 5.74) is 1.32. The van der Waals surface area contributed by atoms with Crippen molar-refractivity contribution in [3.63, 3.8) is 0 Å². The SMILES string of the molecule is O=C(O)c1cc(-c2ccc(CS(=O)[O-])c(Cl)c2)ncn1. The molecule has 104 valence electrons. The topological polar surface area (TPSA) is 103 Å². The highest BCUT2D eigenvalue weighted by atomic mass is 35.5. The predicted octanol–water partition coefficient (Wildman–Crippen LogP) is 1.87. The molecule has 0 saturated carbocycles. The van der Waals surface area contributed by atoms with Crippen molar-refractivity contribution in [2.45, 2.75) is 5.75 Å². The van der Waals surface area contributed by atoms with E-state index in [4.69, 9.17) is 16.7 Å². The molecule has 1 atom stereocenters. The van der Waals surface area contributed by atoms with Crippen LogP contribution in [0.1, 0.15) is 16.1 Å². The summed E-state index contributed by atoms with van der Waals surface area (Å²) in [5, 5.41) is 9.15. The van der Waals surface area contributed by atoms with Crippen molar-refractivity contribution in [3.05, 3.63) is 46.9 Å². The number of carbonyl (C=O) groups is 1. The first-order chi connectivity index (χ1) is 9.47. The average Bonchev–Trinajstić information content (AvgIpc) is 2.40. The third kappa shape index (κ3) is 3.38. The highest BCUT2D eigenvalue weighted by Gasteiger charge is 2.09. The Balaban J connectivity index is 2.39. The molecule has 20 heavy (non-hydrogen) atoms. The van der Waals surface area contributed by atoms with Crippen LogP contribution < -0.4 is 0 Å². The highest BCUT2D eigenvalue weighted by molar-refractivity contribution is 7.78. The smallest absolute Gasteiger partial charge is 0.354 e. The Labute approximate surface area is 121 Å². The van der Waals surface area contributed by atoms with Crippen LogP contribution in [0, 0.1) is 0 Å². The van der Waals surface area contributed by atoms with Gasteiger partial charge in [-0.05, 0) is 17.7 Å². The van der Waals surface area contributed by atoms with Gasteiger partial charge in [-0.2, -0.15) is 0 Å². The molecule has 0 aliphatic carbocycles. The molecule has 1 aromatic carbocycles. The van der Waals surface area contributed by atoms with Gasteiger partial charge >= 0.3 is 5.97 Å². The first-order valence-corrected chi connectivity index (χ1v) is 6.99. The summed E-state index contributed by atoms with van der Waals surface area (Å²) in [6.45, 7) is 0. The van der Waals surface area contributed by atoms with Gasteiger partial charge in [0.1, 0.15) is 6.33 Å². The fourth-order valence-corrected chi connectivity index (χ4v) is 2.42. The van der Waals surface area contributed by atoms with E-state index in [1.165, 1.54) is 12.1 Å². The fourth-order valence-electron chi connectivity index (χ4n) is 1.58. The number of aromatic nitrogens is 2. The van der Waals surface area contributed by atoms with E-state index >= 15 is 0 Å². The Kier molecular flexibility index (Phi) is 4.43. The molecule has 0 spiro atoms. The Bertz CT molecular complexity index is 693. The molecule has 2 aromatic rings. The second-order valence-corrected chi connectivity index (χ2v) is 5.15. The monoisotopic (exact) mass is 311 g/mol. The number of hydrogen-bond donors (Lipinski definition) is 1. The first kappa shape index (κ1) is 14.6. The molecule has 0 aliphatic heterocycles. The molecule has 1 heterocycles. The lowest BCUT2D eigenvalue weighted by molar-refractivity contribution is 0.0690. The average molecular weight is 312 g/mol. The largest absolute Gasteiger partial charge is 0.772 e. The number of carboxylic acid groups (broad SMARTS) is 1. The quantitative estimate of drug-likeness (QED) is 0.865. The summed E-state index contributed by atoms with van der Waals surface area (Å²) < 4.78 is 21.3. The van der Waals surface area contributed by atoms with Gasteiger partial charge in [0.15, 0.2) is 5.69 Å². The van der Waals surface area contributed by atoms with Crippen LogP contribution in [0.5, 0.6) is 0 Å². The van der Waals surface area contributed by atoms with Gasteiger partial charge in [0, 0.05) is 16.3 Å². The third-order valence-corrected chi connectivity index (χ3v) is 3.41. The highest BCUT2D eigenvalue weighted by Crippen LogP contribution is 2.25. The molecule has 0 fully saturated rings. The number of halogens is 1. The van der Waals surface area contributed by atoms with Crippen LogP contribution in [-0.2, 0) is 16.8 Å². The van der Waals surface area contributed by atoms with Gasteiger partial charge in [-0.25, -0.2) is 14.8 Å². The molecule has 0 amide bonds. The van der Waals surface area contributed by atoms with Crippen LogP contribution in [0.15, 0.2) is 30.6 Å². The zero-order valence-electron chi connectivity index (χ0n) is 9.95. The van der Waals surface area contributed by atoms with Gasteiger partial charge in [0.05, 0.1) is 5.69 Å². The predicted molar refractivity (Wildman–Crippen MR) is 72.1 cm³/mol. The van der Waals surface area contributed by atoms with Crippen LogP contribution in [0.25, 0.3) is 11.3 Å². The van der Waals surface area contributed by atoms with Crippen LogP contribution in [-0.4, -0.2) is 29.8 Å². The minimum atomic E-state index is -2.23. The maximum absolute atomic E-state index is 10.8. The minimum Gasteiger partial charge on any atom is -0.772 e. The van der Waals surface area contributed by atoms with Gasteiger partial charge in [0.25, 0.3) is 0 Å². The Morgan fingerprint density at radius 2 is 2.10 bits per heavy atom. The van der Waals surface area contributed by atoms with Crippen molar-refractivity contribution in [2.24, 2.45) is 0 Å². The van der Waals surface area contributed by atoms with Crippen molar-refractivity contribution in [1.29, 1.82) is 0 Å². The lowest BCUT2D eigenvalue weighted by atomic mass is 10.1. The third-order valence-electron chi connectivity index (χ3n) is 2.51. The van der Waals surface area contributed by atoms with E-state index in [1.807, 2.05) is 0 Å². The molecule has 8 heteroatoms. The van der Waals surface area contributed by atoms with Crippen molar-refractivity contribution >= 4 is 28.7 Å². The molecule has 1 N–H and O–H groups in total. The van der Waals surface area contributed by atoms with E-state index in [9.17, 15) is 13.6 Å². The Hall–Kier alpha value is -1.83. The summed E-state index contributed by atoms with van der Waals surface area (Å²) in [7, 11) is 0. The number of nitrogens with zero attached hydrogens (tertiary/aromatic N) is 2. The molecule has 1 unspecified atom stereocenters. The lowest BCUT2D eigenvalue weighted by Gasteiger charge is -2.09. The molecule has 6 nitrogen and oxygen atoms in total. The number of rotatable bonds is 4.